The van der Waals surface area contributed by atoms with Gasteiger partial charge in [0.05, 0.1) is 0 Å². The summed E-state index contributed by atoms with van der Waals surface area (Å²) in [5, 5.41) is 9.77. The lowest BCUT2D eigenvalue weighted by Crippen LogP contribution is -2.35. The van der Waals surface area contributed by atoms with E-state index in [-0.39, 0.29) is 11.7 Å². The van der Waals surface area contributed by atoms with Gasteiger partial charge < -0.3 is 14.6 Å². The number of aromatic hydroxyl groups is 1. The van der Waals surface area contributed by atoms with E-state index in [4.69, 9.17) is 0 Å². The summed E-state index contributed by atoms with van der Waals surface area (Å²) in [5.74, 6) is 1.04. The molecule has 0 radical (unpaired) electrons. The SMILES string of the molecule is C[C@@H]1CN(c2cccc(O)c2)c2nc3c(c(=O)[nH]c(=O)n3C)n2C1. The van der Waals surface area contributed by atoms with Crippen LogP contribution in [0.2, 0.25) is 0 Å². The van der Waals surface area contributed by atoms with E-state index in [9.17, 15) is 14.7 Å². The molecule has 8 nitrogen and oxygen atoms in total. The Morgan fingerprint density at radius 3 is 2.83 bits per heavy atom. The van der Waals surface area contributed by atoms with Gasteiger partial charge >= 0.3 is 5.69 Å². The maximum absolute atomic E-state index is 12.3. The molecule has 1 aliphatic heterocycles. The second-order valence-corrected chi connectivity index (χ2v) is 6.25. The van der Waals surface area contributed by atoms with Gasteiger partial charge in [0.15, 0.2) is 11.2 Å². The predicted molar refractivity (Wildman–Crippen MR) is 89.9 cm³/mol. The minimum Gasteiger partial charge on any atom is -0.508 e. The molecule has 0 fully saturated rings. The number of nitrogens with one attached hydrogen (secondary N) is 1. The van der Waals surface area contributed by atoms with Gasteiger partial charge in [-0.25, -0.2) is 4.79 Å². The molecule has 0 bridgehead atoms. The highest BCUT2D eigenvalue weighted by Gasteiger charge is 2.28. The first kappa shape index (κ1) is 14.6. The molecule has 124 valence electrons. The molecule has 8 heteroatoms. The molecule has 24 heavy (non-hydrogen) atoms. The minimum absolute atomic E-state index is 0.165. The van der Waals surface area contributed by atoms with Crippen LogP contribution in [0.3, 0.4) is 0 Å². The maximum atomic E-state index is 12.3. The van der Waals surface area contributed by atoms with Crippen LogP contribution in [0.25, 0.3) is 11.2 Å². The maximum Gasteiger partial charge on any atom is 0.329 e. The zero-order valence-corrected chi connectivity index (χ0v) is 13.4. The molecule has 3 aromatic rings. The second-order valence-electron chi connectivity index (χ2n) is 6.25. The molecule has 0 unspecified atom stereocenters. The highest BCUT2D eigenvalue weighted by atomic mass is 16.3. The number of fused-ring (bicyclic) bond motifs is 3. The fraction of sp³-hybridized carbons (Fsp3) is 0.312. The van der Waals surface area contributed by atoms with Crippen LogP contribution in [0.5, 0.6) is 5.75 Å². The third-order valence-corrected chi connectivity index (χ3v) is 4.36. The molecule has 0 saturated carbocycles. The molecule has 0 saturated heterocycles. The monoisotopic (exact) mass is 327 g/mol. The molecule has 2 N–H and O–H groups in total. The number of anilines is 2. The number of H-pyrrole nitrogens is 1. The number of hydrogen-bond donors (Lipinski definition) is 2. The molecule has 0 aliphatic carbocycles. The topological polar surface area (TPSA) is 96.2 Å². The highest BCUT2D eigenvalue weighted by Crippen LogP contribution is 2.33. The van der Waals surface area contributed by atoms with Crippen LogP contribution in [0.1, 0.15) is 6.92 Å². The Morgan fingerprint density at radius 1 is 1.29 bits per heavy atom. The van der Waals surface area contributed by atoms with Crippen molar-refractivity contribution >= 4 is 22.8 Å². The Kier molecular flexibility index (Phi) is 3.02. The van der Waals surface area contributed by atoms with Crippen LogP contribution in [-0.4, -0.2) is 30.8 Å². The fourth-order valence-corrected chi connectivity index (χ4v) is 3.25. The molecule has 0 amide bonds. The summed E-state index contributed by atoms with van der Waals surface area (Å²) >= 11 is 0. The summed E-state index contributed by atoms with van der Waals surface area (Å²) < 4.78 is 3.18. The number of phenols is 1. The molecule has 4 rings (SSSR count). The summed E-state index contributed by atoms with van der Waals surface area (Å²) in [6, 6.07) is 6.91. The van der Waals surface area contributed by atoms with Gasteiger partial charge in [0.25, 0.3) is 5.56 Å². The van der Waals surface area contributed by atoms with Crippen molar-refractivity contribution in [2.24, 2.45) is 13.0 Å². The number of aromatic amines is 1. The third kappa shape index (κ3) is 2.03. The zero-order chi connectivity index (χ0) is 17.0. The van der Waals surface area contributed by atoms with Gasteiger partial charge in [0.2, 0.25) is 5.95 Å². The van der Waals surface area contributed by atoms with E-state index < -0.39 is 11.2 Å². The normalized spacial score (nSPS) is 17.2. The number of nitrogens with zero attached hydrogens (tertiary/aromatic N) is 4. The summed E-state index contributed by atoms with van der Waals surface area (Å²) in [7, 11) is 1.59. The lowest BCUT2D eigenvalue weighted by atomic mass is 10.1. The van der Waals surface area contributed by atoms with Crippen LogP contribution in [0.4, 0.5) is 11.6 Å². The molecular formula is C16H17N5O3. The average Bonchev–Trinajstić information content (AvgIpc) is 2.91. The smallest absolute Gasteiger partial charge is 0.329 e. The number of hydrogen-bond acceptors (Lipinski definition) is 5. The zero-order valence-electron chi connectivity index (χ0n) is 13.4. The Hall–Kier alpha value is -3.03. The van der Waals surface area contributed by atoms with Gasteiger partial charge in [-0.15, -0.1) is 0 Å². The van der Waals surface area contributed by atoms with E-state index in [2.05, 4.69) is 16.9 Å². The Balaban J connectivity index is 2.02. The summed E-state index contributed by atoms with van der Waals surface area (Å²) in [6.45, 7) is 3.43. The Bertz CT molecular complexity index is 1060. The number of benzene rings is 1. The van der Waals surface area contributed by atoms with Crippen molar-refractivity contribution in [3.63, 3.8) is 0 Å². The van der Waals surface area contributed by atoms with Gasteiger partial charge in [-0.05, 0) is 18.1 Å². The number of phenolic OH excluding ortho intramolecular Hbond substituents is 1. The quantitative estimate of drug-likeness (QED) is 0.693. The molecule has 0 spiro atoms. The molecule has 1 atom stereocenters. The van der Waals surface area contributed by atoms with Gasteiger partial charge in [0.1, 0.15) is 5.75 Å². The Morgan fingerprint density at radius 2 is 2.08 bits per heavy atom. The lowest BCUT2D eigenvalue weighted by Gasteiger charge is -2.32. The largest absolute Gasteiger partial charge is 0.508 e. The molecule has 1 aromatic carbocycles. The van der Waals surface area contributed by atoms with Gasteiger partial charge in [-0.1, -0.05) is 13.0 Å². The number of imidazole rings is 1. The lowest BCUT2D eigenvalue weighted by molar-refractivity contribution is 0.456. The predicted octanol–water partition coefficient (Wildman–Crippen LogP) is 0.917. The highest BCUT2D eigenvalue weighted by molar-refractivity contribution is 5.77. The van der Waals surface area contributed by atoms with Gasteiger partial charge in [-0.2, -0.15) is 4.98 Å². The Labute approximate surface area is 136 Å². The number of aromatic nitrogens is 4. The first-order valence-corrected chi connectivity index (χ1v) is 7.72. The standard InChI is InChI=1S/C16H17N5O3/c1-9-7-20(10-4-3-5-11(22)6-10)15-17-13-12(21(15)8-9)14(23)18-16(24)19(13)2/h3-6,9,22H,7-8H2,1-2H3,(H,18,23,24)/t9-/m1/s1. The summed E-state index contributed by atoms with van der Waals surface area (Å²) in [5.41, 5.74) is 0.623. The van der Waals surface area contributed by atoms with E-state index in [1.54, 1.807) is 25.2 Å². The van der Waals surface area contributed by atoms with E-state index in [0.29, 0.717) is 30.2 Å². The van der Waals surface area contributed by atoms with E-state index >= 15 is 0 Å². The average molecular weight is 327 g/mol. The third-order valence-electron chi connectivity index (χ3n) is 4.36. The van der Waals surface area contributed by atoms with Crippen molar-refractivity contribution in [3.05, 3.63) is 45.1 Å². The van der Waals surface area contributed by atoms with Crippen LogP contribution >= 0.6 is 0 Å². The number of aryl methyl sites for hydroxylation is 1. The van der Waals surface area contributed by atoms with Crippen molar-refractivity contribution < 1.29 is 5.11 Å². The van der Waals surface area contributed by atoms with Gasteiger partial charge in [0, 0.05) is 31.9 Å². The van der Waals surface area contributed by atoms with Crippen molar-refractivity contribution in [2.45, 2.75) is 13.5 Å². The van der Waals surface area contributed by atoms with Crippen LogP contribution in [0, 0.1) is 5.92 Å². The van der Waals surface area contributed by atoms with E-state index in [1.807, 2.05) is 15.5 Å². The number of rotatable bonds is 1. The second kappa shape index (κ2) is 4.98. The summed E-state index contributed by atoms with van der Waals surface area (Å²) in [6.07, 6.45) is 0. The summed E-state index contributed by atoms with van der Waals surface area (Å²) in [4.78, 5) is 33.0. The van der Waals surface area contributed by atoms with Crippen LogP contribution in [0.15, 0.2) is 33.9 Å². The first-order valence-electron chi connectivity index (χ1n) is 7.72. The first-order chi connectivity index (χ1) is 11.5. The van der Waals surface area contributed by atoms with Gasteiger partial charge in [-0.3, -0.25) is 14.3 Å². The molecule has 2 aromatic heterocycles. The fourth-order valence-electron chi connectivity index (χ4n) is 3.25. The molecule has 3 heterocycles. The van der Waals surface area contributed by atoms with E-state index in [0.717, 1.165) is 5.69 Å². The minimum atomic E-state index is -0.486. The van der Waals surface area contributed by atoms with Crippen molar-refractivity contribution in [1.82, 2.24) is 19.1 Å². The van der Waals surface area contributed by atoms with Crippen molar-refractivity contribution in [3.8, 4) is 5.75 Å². The van der Waals surface area contributed by atoms with Crippen molar-refractivity contribution in [2.75, 3.05) is 11.4 Å². The van der Waals surface area contributed by atoms with Crippen LogP contribution < -0.4 is 16.1 Å². The van der Waals surface area contributed by atoms with Crippen molar-refractivity contribution in [1.29, 1.82) is 0 Å². The molecule has 1 aliphatic rings. The van der Waals surface area contributed by atoms with E-state index in [1.165, 1.54) is 4.57 Å². The molecular weight excluding hydrogens is 310 g/mol. The van der Waals surface area contributed by atoms with Crippen LogP contribution in [-0.2, 0) is 13.6 Å².